The van der Waals surface area contributed by atoms with Gasteiger partial charge in [-0.25, -0.2) is 0 Å². The fraction of sp³-hybridized carbons (Fsp3) is 0.417. The van der Waals surface area contributed by atoms with Crippen molar-refractivity contribution in [2.75, 3.05) is 6.54 Å². The maximum absolute atomic E-state index is 13.6. The van der Waals surface area contributed by atoms with E-state index in [-0.39, 0.29) is 17.9 Å². The number of benzene rings is 1. The van der Waals surface area contributed by atoms with Gasteiger partial charge >= 0.3 is 0 Å². The van der Waals surface area contributed by atoms with Crippen LogP contribution in [0.25, 0.3) is 10.2 Å². The molecular formula is C24H27N3O2S. The maximum atomic E-state index is 13.6. The minimum Gasteiger partial charge on any atom is -0.351 e. The first kappa shape index (κ1) is 19.4. The molecule has 0 spiro atoms. The van der Waals surface area contributed by atoms with Crippen molar-refractivity contribution in [3.63, 3.8) is 0 Å². The van der Waals surface area contributed by atoms with E-state index in [0.717, 1.165) is 42.3 Å². The zero-order chi connectivity index (χ0) is 20.7. The predicted molar refractivity (Wildman–Crippen MR) is 120 cm³/mol. The fourth-order valence-electron chi connectivity index (χ4n) is 4.90. The predicted octanol–water partition coefficient (Wildman–Crippen LogP) is 4.22. The summed E-state index contributed by atoms with van der Waals surface area (Å²) in [5, 5.41) is 6.38. The van der Waals surface area contributed by atoms with E-state index in [0.29, 0.717) is 18.8 Å². The van der Waals surface area contributed by atoms with Gasteiger partial charge in [0.25, 0.3) is 5.91 Å². The molecule has 1 aliphatic heterocycles. The number of carbonyl (C=O) groups excluding carboxylic acids is 2. The molecule has 5 nitrogen and oxygen atoms in total. The molecule has 1 saturated carbocycles. The quantitative estimate of drug-likeness (QED) is 0.671. The van der Waals surface area contributed by atoms with Crippen LogP contribution in [0.2, 0.25) is 0 Å². The van der Waals surface area contributed by atoms with E-state index in [2.05, 4.69) is 22.0 Å². The molecule has 6 heteroatoms. The van der Waals surface area contributed by atoms with Gasteiger partial charge in [-0.15, -0.1) is 11.3 Å². The zero-order valence-corrected chi connectivity index (χ0v) is 18.1. The first-order chi connectivity index (χ1) is 14.6. The van der Waals surface area contributed by atoms with Crippen LogP contribution in [0, 0.1) is 0 Å². The Morgan fingerprint density at radius 3 is 2.73 bits per heavy atom. The molecule has 3 heterocycles. The minimum atomic E-state index is -0.905. The Morgan fingerprint density at radius 1 is 1.20 bits per heavy atom. The number of aromatic nitrogens is 1. The Morgan fingerprint density at radius 2 is 1.97 bits per heavy atom. The summed E-state index contributed by atoms with van der Waals surface area (Å²) < 4.78 is 2.05. The molecule has 30 heavy (non-hydrogen) atoms. The molecule has 2 amide bonds. The first-order valence-corrected chi connectivity index (χ1v) is 11.7. The zero-order valence-electron chi connectivity index (χ0n) is 17.3. The average Bonchev–Trinajstić information content (AvgIpc) is 3.47. The molecule has 2 aliphatic rings. The second-order valence-corrected chi connectivity index (χ2v) is 9.61. The molecule has 1 atom stereocenters. The van der Waals surface area contributed by atoms with Crippen LogP contribution in [0.3, 0.4) is 0 Å². The van der Waals surface area contributed by atoms with Gasteiger partial charge < -0.3 is 14.8 Å². The number of rotatable bonds is 5. The number of amides is 2. The van der Waals surface area contributed by atoms with Crippen LogP contribution < -0.4 is 5.32 Å². The van der Waals surface area contributed by atoms with Crippen LogP contribution in [0.5, 0.6) is 0 Å². The highest BCUT2D eigenvalue weighted by Crippen LogP contribution is 2.35. The number of carbonyl (C=O) groups is 2. The summed E-state index contributed by atoms with van der Waals surface area (Å²) >= 11 is 1.63. The molecule has 2 aromatic heterocycles. The van der Waals surface area contributed by atoms with Crippen LogP contribution in [0.1, 0.15) is 48.7 Å². The molecule has 0 radical (unpaired) electrons. The third-order valence-electron chi connectivity index (χ3n) is 6.67. The van der Waals surface area contributed by atoms with Crippen LogP contribution in [-0.2, 0) is 17.8 Å². The lowest BCUT2D eigenvalue weighted by Crippen LogP contribution is -2.65. The van der Waals surface area contributed by atoms with Crippen molar-refractivity contribution in [2.45, 2.75) is 57.2 Å². The molecule has 156 valence electrons. The molecule has 0 bridgehead atoms. The highest BCUT2D eigenvalue weighted by Gasteiger charge is 2.48. The molecule has 1 N–H and O–H groups in total. The first-order valence-electron chi connectivity index (χ1n) is 10.8. The van der Waals surface area contributed by atoms with Gasteiger partial charge in [0.2, 0.25) is 5.91 Å². The van der Waals surface area contributed by atoms with Gasteiger partial charge in [-0.3, -0.25) is 9.59 Å². The van der Waals surface area contributed by atoms with E-state index in [9.17, 15) is 9.59 Å². The SMILES string of the molecule is C[C@]1(C(=O)NC2CCCC2)Cn2c(cc3ccsc32)C(=O)N1CCc1ccccc1. The Labute approximate surface area is 180 Å². The van der Waals surface area contributed by atoms with E-state index >= 15 is 0 Å². The second kappa shape index (κ2) is 7.58. The lowest BCUT2D eigenvalue weighted by atomic mass is 9.93. The van der Waals surface area contributed by atoms with Crippen molar-refractivity contribution in [2.24, 2.45) is 0 Å². The lowest BCUT2D eigenvalue weighted by molar-refractivity contribution is -0.133. The highest BCUT2D eigenvalue weighted by molar-refractivity contribution is 7.16. The largest absolute Gasteiger partial charge is 0.351 e. The summed E-state index contributed by atoms with van der Waals surface area (Å²) in [6.45, 7) is 2.95. The molecule has 1 fully saturated rings. The third-order valence-corrected chi connectivity index (χ3v) is 7.63. The topological polar surface area (TPSA) is 54.3 Å². The number of nitrogens with one attached hydrogen (secondary N) is 1. The smallest absolute Gasteiger partial charge is 0.271 e. The molecule has 1 aromatic carbocycles. The monoisotopic (exact) mass is 421 g/mol. The Bertz CT molecular complexity index is 1080. The number of hydrogen-bond donors (Lipinski definition) is 1. The fourth-order valence-corrected chi connectivity index (χ4v) is 5.80. The van der Waals surface area contributed by atoms with E-state index in [1.165, 1.54) is 5.56 Å². The standard InChI is InChI=1S/C24H27N3O2S/c1-24(23(29)25-19-9-5-6-10-19)16-26-20(15-18-12-14-30-22(18)26)21(28)27(24)13-11-17-7-3-2-4-8-17/h2-4,7-8,12,14-15,19H,5-6,9-11,13,16H2,1H3,(H,25,29)/t24-/m1/s1. The number of hydrogen-bond acceptors (Lipinski definition) is 3. The molecular weight excluding hydrogens is 394 g/mol. The number of thiophene rings is 1. The summed E-state index contributed by atoms with van der Waals surface area (Å²) in [5.41, 5.74) is 0.957. The van der Waals surface area contributed by atoms with Gasteiger partial charge in [0, 0.05) is 18.0 Å². The molecule has 3 aromatic rings. The lowest BCUT2D eigenvalue weighted by Gasteiger charge is -2.44. The van der Waals surface area contributed by atoms with Gasteiger partial charge in [0.1, 0.15) is 16.1 Å². The molecule has 5 rings (SSSR count). The van der Waals surface area contributed by atoms with Crippen molar-refractivity contribution in [1.29, 1.82) is 0 Å². The number of fused-ring (bicyclic) bond motifs is 3. The normalized spacial score (nSPS) is 21.9. The van der Waals surface area contributed by atoms with E-state index in [1.54, 1.807) is 11.3 Å². The van der Waals surface area contributed by atoms with Gasteiger partial charge in [-0.2, -0.15) is 0 Å². The average molecular weight is 422 g/mol. The van der Waals surface area contributed by atoms with Crippen molar-refractivity contribution in [3.05, 3.63) is 59.1 Å². The molecule has 1 aliphatic carbocycles. The van der Waals surface area contributed by atoms with Gasteiger partial charge in [-0.05, 0) is 49.3 Å². The number of nitrogens with zero attached hydrogens (tertiary/aromatic N) is 2. The third kappa shape index (κ3) is 3.23. The van der Waals surface area contributed by atoms with Gasteiger partial charge in [0.05, 0.1) is 6.54 Å². The van der Waals surface area contributed by atoms with Crippen molar-refractivity contribution in [1.82, 2.24) is 14.8 Å². The van der Waals surface area contributed by atoms with Gasteiger partial charge in [-0.1, -0.05) is 43.2 Å². The van der Waals surface area contributed by atoms with Crippen LogP contribution in [-0.4, -0.2) is 39.4 Å². The minimum absolute atomic E-state index is 0.0279. The van der Waals surface area contributed by atoms with Crippen molar-refractivity contribution >= 4 is 33.4 Å². The Kier molecular flexibility index (Phi) is 4.89. The molecule has 0 saturated heterocycles. The highest BCUT2D eigenvalue weighted by atomic mass is 32.1. The van der Waals surface area contributed by atoms with Crippen LogP contribution >= 0.6 is 11.3 Å². The summed E-state index contributed by atoms with van der Waals surface area (Å²) in [5.74, 6) is -0.0791. The summed E-state index contributed by atoms with van der Waals surface area (Å²) in [7, 11) is 0. The van der Waals surface area contributed by atoms with Crippen molar-refractivity contribution < 1.29 is 9.59 Å². The van der Waals surface area contributed by atoms with Gasteiger partial charge in [0.15, 0.2) is 0 Å². The Balaban J connectivity index is 1.49. The van der Waals surface area contributed by atoms with E-state index in [4.69, 9.17) is 0 Å². The van der Waals surface area contributed by atoms with E-state index < -0.39 is 5.54 Å². The Hall–Kier alpha value is -2.60. The molecule has 0 unspecified atom stereocenters. The van der Waals surface area contributed by atoms with Crippen LogP contribution in [0.15, 0.2) is 47.8 Å². The van der Waals surface area contributed by atoms with E-state index in [1.807, 2.05) is 47.5 Å². The van der Waals surface area contributed by atoms with Crippen molar-refractivity contribution in [3.8, 4) is 0 Å². The summed E-state index contributed by atoms with van der Waals surface area (Å²) in [4.78, 5) is 30.0. The summed E-state index contributed by atoms with van der Waals surface area (Å²) in [6, 6.07) is 14.4. The van der Waals surface area contributed by atoms with Crippen LogP contribution in [0.4, 0.5) is 0 Å². The summed E-state index contributed by atoms with van der Waals surface area (Å²) in [6.07, 6.45) is 5.12. The second-order valence-electron chi connectivity index (χ2n) is 8.72. The maximum Gasteiger partial charge on any atom is 0.271 e.